The molecule has 0 bridgehead atoms. The van der Waals surface area contributed by atoms with Crippen LogP contribution in [0.15, 0.2) is 36.7 Å². The highest BCUT2D eigenvalue weighted by atomic mass is 16.2. The Morgan fingerprint density at radius 2 is 2.16 bits per heavy atom. The molecule has 2 rings (SSSR count). The third kappa shape index (κ3) is 3.38. The number of aromatic nitrogens is 3. The molecule has 0 radical (unpaired) electrons. The van der Waals surface area contributed by atoms with Gasteiger partial charge in [0.2, 0.25) is 5.91 Å². The maximum atomic E-state index is 11.9. The minimum absolute atomic E-state index is 0.187. The number of carbonyl (C=O) groups is 1. The van der Waals surface area contributed by atoms with E-state index in [1.807, 2.05) is 41.9 Å². The normalized spacial score (nSPS) is 12.1. The summed E-state index contributed by atoms with van der Waals surface area (Å²) < 4.78 is 1.82. The molecule has 1 heterocycles. The molecule has 6 heteroatoms. The first-order valence-electron chi connectivity index (χ1n) is 6.09. The topological polar surface area (TPSA) is 85.8 Å². The molecule has 3 N–H and O–H groups in total. The Bertz CT molecular complexity index is 537. The highest BCUT2D eigenvalue weighted by molar-refractivity contribution is 5.82. The second-order valence-electron chi connectivity index (χ2n) is 4.29. The fourth-order valence-electron chi connectivity index (χ4n) is 1.75. The number of hydrogen-bond donors (Lipinski definition) is 2. The van der Waals surface area contributed by atoms with Crippen molar-refractivity contribution in [2.45, 2.75) is 12.5 Å². The average molecular weight is 259 g/mol. The standard InChI is InChI=1S/C13H17N5O/c1-18-9-16-17-11(18)7-8-15-13(19)12(14)10-5-3-2-4-6-10/h2-6,9,12H,7-8,14H2,1H3,(H,15,19). The Balaban J connectivity index is 1.83. The van der Waals surface area contributed by atoms with Crippen molar-refractivity contribution in [3.63, 3.8) is 0 Å². The van der Waals surface area contributed by atoms with E-state index in [0.29, 0.717) is 13.0 Å². The van der Waals surface area contributed by atoms with Crippen LogP contribution in [0.2, 0.25) is 0 Å². The van der Waals surface area contributed by atoms with Crippen LogP contribution in [0, 0.1) is 0 Å². The van der Waals surface area contributed by atoms with Gasteiger partial charge in [-0.2, -0.15) is 0 Å². The predicted molar refractivity (Wildman–Crippen MR) is 71.1 cm³/mol. The zero-order valence-corrected chi connectivity index (χ0v) is 10.8. The van der Waals surface area contributed by atoms with Crippen molar-refractivity contribution in [1.82, 2.24) is 20.1 Å². The summed E-state index contributed by atoms with van der Waals surface area (Å²) in [7, 11) is 1.87. The van der Waals surface area contributed by atoms with Crippen LogP contribution in [0.5, 0.6) is 0 Å². The first kappa shape index (κ1) is 13.2. The van der Waals surface area contributed by atoms with Gasteiger partial charge in [-0.05, 0) is 5.56 Å². The van der Waals surface area contributed by atoms with Gasteiger partial charge in [-0.3, -0.25) is 4.79 Å². The predicted octanol–water partition coefficient (Wildman–Crippen LogP) is 0.174. The van der Waals surface area contributed by atoms with Gasteiger partial charge in [0.05, 0.1) is 0 Å². The SMILES string of the molecule is Cn1cnnc1CCNC(=O)C(N)c1ccccc1. The van der Waals surface area contributed by atoms with Gasteiger partial charge in [0.15, 0.2) is 0 Å². The van der Waals surface area contributed by atoms with Crippen molar-refractivity contribution < 1.29 is 4.79 Å². The first-order valence-corrected chi connectivity index (χ1v) is 6.09. The molecule has 0 saturated carbocycles. The van der Waals surface area contributed by atoms with Crippen LogP contribution in [0.1, 0.15) is 17.4 Å². The summed E-state index contributed by atoms with van der Waals surface area (Å²) in [6.45, 7) is 0.492. The number of carbonyl (C=O) groups excluding carboxylic acids is 1. The van der Waals surface area contributed by atoms with Crippen molar-refractivity contribution in [2.75, 3.05) is 6.54 Å². The van der Waals surface area contributed by atoms with Crippen molar-refractivity contribution in [1.29, 1.82) is 0 Å². The van der Waals surface area contributed by atoms with Gasteiger partial charge in [-0.1, -0.05) is 30.3 Å². The van der Waals surface area contributed by atoms with E-state index in [2.05, 4.69) is 15.5 Å². The monoisotopic (exact) mass is 259 g/mol. The van der Waals surface area contributed by atoms with E-state index in [9.17, 15) is 4.79 Å². The van der Waals surface area contributed by atoms with Gasteiger partial charge >= 0.3 is 0 Å². The van der Waals surface area contributed by atoms with Crippen LogP contribution in [-0.4, -0.2) is 27.2 Å². The number of nitrogens with one attached hydrogen (secondary N) is 1. The molecule has 0 fully saturated rings. The van der Waals surface area contributed by atoms with Crippen LogP contribution in [0.3, 0.4) is 0 Å². The highest BCUT2D eigenvalue weighted by Gasteiger charge is 2.14. The molecule has 1 unspecified atom stereocenters. The van der Waals surface area contributed by atoms with Gasteiger partial charge < -0.3 is 15.6 Å². The Hall–Kier alpha value is -2.21. The highest BCUT2D eigenvalue weighted by Crippen LogP contribution is 2.08. The second kappa shape index (κ2) is 6.10. The summed E-state index contributed by atoms with van der Waals surface area (Å²) in [5.74, 6) is 0.641. The molecule has 6 nitrogen and oxygen atoms in total. The maximum Gasteiger partial charge on any atom is 0.241 e. The molecule has 1 aromatic carbocycles. The summed E-state index contributed by atoms with van der Waals surface area (Å²) in [6.07, 6.45) is 2.26. The fourth-order valence-corrected chi connectivity index (χ4v) is 1.75. The average Bonchev–Trinajstić information content (AvgIpc) is 2.84. The van der Waals surface area contributed by atoms with Gasteiger partial charge in [-0.25, -0.2) is 0 Å². The number of nitrogens with two attached hydrogens (primary N) is 1. The number of amides is 1. The van der Waals surface area contributed by atoms with Crippen LogP contribution in [0.25, 0.3) is 0 Å². The maximum absolute atomic E-state index is 11.9. The number of hydrogen-bond acceptors (Lipinski definition) is 4. The molecule has 0 aliphatic rings. The fraction of sp³-hybridized carbons (Fsp3) is 0.308. The van der Waals surface area contributed by atoms with Crippen molar-refractivity contribution in [3.05, 3.63) is 48.0 Å². The summed E-state index contributed by atoms with van der Waals surface area (Å²) in [5.41, 5.74) is 6.69. The summed E-state index contributed by atoms with van der Waals surface area (Å²) in [6, 6.07) is 8.66. The molecule has 19 heavy (non-hydrogen) atoms. The molecule has 1 aromatic heterocycles. The molecule has 1 atom stereocenters. The number of nitrogens with zero attached hydrogens (tertiary/aromatic N) is 3. The number of benzene rings is 1. The van der Waals surface area contributed by atoms with Gasteiger partial charge in [0, 0.05) is 20.0 Å². The Morgan fingerprint density at radius 1 is 1.42 bits per heavy atom. The Morgan fingerprint density at radius 3 is 2.79 bits per heavy atom. The van der Waals surface area contributed by atoms with Gasteiger partial charge in [-0.15, -0.1) is 10.2 Å². The van der Waals surface area contributed by atoms with E-state index in [4.69, 9.17) is 5.73 Å². The number of rotatable bonds is 5. The lowest BCUT2D eigenvalue weighted by Crippen LogP contribution is -2.35. The van der Waals surface area contributed by atoms with Crippen molar-refractivity contribution >= 4 is 5.91 Å². The van der Waals surface area contributed by atoms with E-state index >= 15 is 0 Å². The number of aryl methyl sites for hydroxylation is 1. The largest absolute Gasteiger partial charge is 0.354 e. The van der Waals surface area contributed by atoms with E-state index in [-0.39, 0.29) is 5.91 Å². The minimum atomic E-state index is -0.638. The van der Waals surface area contributed by atoms with E-state index in [1.54, 1.807) is 6.33 Å². The van der Waals surface area contributed by atoms with Gasteiger partial charge in [0.25, 0.3) is 0 Å². The lowest BCUT2D eigenvalue weighted by atomic mass is 10.1. The van der Waals surface area contributed by atoms with E-state index in [1.165, 1.54) is 0 Å². The van der Waals surface area contributed by atoms with Crippen LogP contribution < -0.4 is 11.1 Å². The lowest BCUT2D eigenvalue weighted by Gasteiger charge is -2.12. The molecule has 1 amide bonds. The van der Waals surface area contributed by atoms with E-state index < -0.39 is 6.04 Å². The third-order valence-electron chi connectivity index (χ3n) is 2.89. The molecule has 2 aromatic rings. The third-order valence-corrected chi connectivity index (χ3v) is 2.89. The first-order chi connectivity index (χ1) is 9.18. The molecular weight excluding hydrogens is 242 g/mol. The van der Waals surface area contributed by atoms with Crippen LogP contribution in [-0.2, 0) is 18.3 Å². The second-order valence-corrected chi connectivity index (χ2v) is 4.29. The smallest absolute Gasteiger partial charge is 0.241 e. The summed E-state index contributed by atoms with van der Waals surface area (Å²) >= 11 is 0. The Labute approximate surface area is 111 Å². The summed E-state index contributed by atoms with van der Waals surface area (Å²) in [4.78, 5) is 11.9. The zero-order valence-electron chi connectivity index (χ0n) is 10.8. The van der Waals surface area contributed by atoms with Crippen LogP contribution in [0.4, 0.5) is 0 Å². The van der Waals surface area contributed by atoms with Crippen LogP contribution >= 0.6 is 0 Å². The van der Waals surface area contributed by atoms with Crippen molar-refractivity contribution in [2.24, 2.45) is 12.8 Å². The minimum Gasteiger partial charge on any atom is -0.354 e. The lowest BCUT2D eigenvalue weighted by molar-refractivity contribution is -0.122. The van der Waals surface area contributed by atoms with Crippen molar-refractivity contribution in [3.8, 4) is 0 Å². The molecule has 0 saturated heterocycles. The molecular formula is C13H17N5O. The summed E-state index contributed by atoms with van der Waals surface area (Å²) in [5, 5.41) is 10.5. The Kier molecular flexibility index (Phi) is 4.25. The molecule has 0 spiro atoms. The molecule has 0 aliphatic heterocycles. The zero-order chi connectivity index (χ0) is 13.7. The quantitative estimate of drug-likeness (QED) is 0.801. The molecule has 0 aliphatic carbocycles. The van der Waals surface area contributed by atoms with Gasteiger partial charge in [0.1, 0.15) is 18.2 Å². The molecule has 100 valence electrons. The van der Waals surface area contributed by atoms with E-state index in [0.717, 1.165) is 11.4 Å².